The van der Waals surface area contributed by atoms with E-state index in [4.69, 9.17) is 0 Å². The summed E-state index contributed by atoms with van der Waals surface area (Å²) in [5.74, 6) is -0.0825. The van der Waals surface area contributed by atoms with Crippen LogP contribution in [0.15, 0.2) is 24.3 Å². The minimum atomic E-state index is -0.405. The van der Waals surface area contributed by atoms with E-state index in [0.29, 0.717) is 5.56 Å². The SMILES string of the molecule is CN1CCN(c2ccc(C(=O)NC3CCCCC3O)cc2)CC1. The van der Waals surface area contributed by atoms with Crippen molar-refractivity contribution in [2.45, 2.75) is 37.8 Å². The maximum atomic E-state index is 12.3. The van der Waals surface area contributed by atoms with Crippen molar-refractivity contribution in [1.29, 1.82) is 0 Å². The van der Waals surface area contributed by atoms with Crippen LogP contribution in [0.5, 0.6) is 0 Å². The molecule has 1 saturated heterocycles. The van der Waals surface area contributed by atoms with E-state index in [9.17, 15) is 9.90 Å². The quantitative estimate of drug-likeness (QED) is 0.886. The van der Waals surface area contributed by atoms with Gasteiger partial charge in [-0.05, 0) is 44.2 Å². The van der Waals surface area contributed by atoms with Crippen molar-refractivity contribution in [2.75, 3.05) is 38.1 Å². The van der Waals surface area contributed by atoms with E-state index >= 15 is 0 Å². The fraction of sp³-hybridized carbons (Fsp3) is 0.611. The van der Waals surface area contributed by atoms with E-state index < -0.39 is 6.10 Å². The Balaban J connectivity index is 1.59. The van der Waals surface area contributed by atoms with Crippen molar-refractivity contribution < 1.29 is 9.90 Å². The zero-order valence-corrected chi connectivity index (χ0v) is 13.9. The molecule has 0 bridgehead atoms. The molecule has 126 valence electrons. The number of carbonyl (C=O) groups is 1. The third-order valence-electron chi connectivity index (χ3n) is 5.04. The lowest BCUT2D eigenvalue weighted by Crippen LogP contribution is -2.45. The van der Waals surface area contributed by atoms with Crippen molar-refractivity contribution in [3.05, 3.63) is 29.8 Å². The molecule has 1 aromatic carbocycles. The molecule has 2 unspecified atom stereocenters. The van der Waals surface area contributed by atoms with Gasteiger partial charge in [-0.1, -0.05) is 12.8 Å². The van der Waals surface area contributed by atoms with Crippen LogP contribution in [-0.2, 0) is 0 Å². The van der Waals surface area contributed by atoms with Crippen molar-refractivity contribution in [2.24, 2.45) is 0 Å². The van der Waals surface area contributed by atoms with Crippen LogP contribution in [0.1, 0.15) is 36.0 Å². The average molecular weight is 317 g/mol. The van der Waals surface area contributed by atoms with Gasteiger partial charge in [0.1, 0.15) is 0 Å². The molecule has 1 aromatic rings. The number of aliphatic hydroxyl groups excluding tert-OH is 1. The number of nitrogens with one attached hydrogen (secondary N) is 1. The van der Waals surface area contributed by atoms with Gasteiger partial charge in [-0.2, -0.15) is 0 Å². The number of likely N-dealkylation sites (N-methyl/N-ethyl adjacent to an activating group) is 1. The number of aliphatic hydroxyl groups is 1. The smallest absolute Gasteiger partial charge is 0.251 e. The lowest BCUT2D eigenvalue weighted by molar-refractivity contribution is 0.0717. The first-order valence-corrected chi connectivity index (χ1v) is 8.66. The first-order chi connectivity index (χ1) is 11.1. The Morgan fingerprint density at radius 2 is 1.74 bits per heavy atom. The van der Waals surface area contributed by atoms with Crippen molar-refractivity contribution in [3.63, 3.8) is 0 Å². The zero-order valence-electron chi connectivity index (χ0n) is 13.9. The van der Waals surface area contributed by atoms with Crippen LogP contribution in [0, 0.1) is 0 Å². The summed E-state index contributed by atoms with van der Waals surface area (Å²) in [5.41, 5.74) is 1.84. The molecule has 1 amide bonds. The number of hydrogen-bond donors (Lipinski definition) is 2. The van der Waals surface area contributed by atoms with Crippen molar-refractivity contribution in [3.8, 4) is 0 Å². The number of hydrogen-bond acceptors (Lipinski definition) is 4. The number of rotatable bonds is 3. The van der Waals surface area contributed by atoms with E-state index in [1.165, 1.54) is 5.69 Å². The summed E-state index contributed by atoms with van der Waals surface area (Å²) >= 11 is 0. The van der Waals surface area contributed by atoms with Gasteiger partial charge in [0.05, 0.1) is 12.1 Å². The molecule has 1 saturated carbocycles. The first kappa shape index (κ1) is 16.3. The van der Waals surface area contributed by atoms with Crippen LogP contribution in [0.25, 0.3) is 0 Å². The van der Waals surface area contributed by atoms with E-state index in [0.717, 1.165) is 51.9 Å². The Labute approximate surface area is 138 Å². The molecule has 2 N–H and O–H groups in total. The fourth-order valence-corrected chi connectivity index (χ4v) is 3.42. The molecule has 0 spiro atoms. The molecule has 2 aliphatic rings. The van der Waals surface area contributed by atoms with Crippen molar-refractivity contribution >= 4 is 11.6 Å². The second-order valence-electron chi connectivity index (χ2n) is 6.77. The Kier molecular flexibility index (Phi) is 5.18. The normalized spacial score (nSPS) is 26.1. The van der Waals surface area contributed by atoms with Gasteiger partial charge >= 0.3 is 0 Å². The van der Waals surface area contributed by atoms with Crippen molar-refractivity contribution in [1.82, 2.24) is 10.2 Å². The second kappa shape index (κ2) is 7.32. The molecule has 1 heterocycles. The lowest BCUT2D eigenvalue weighted by atomic mass is 9.92. The molecule has 1 aliphatic carbocycles. The highest BCUT2D eigenvalue weighted by Crippen LogP contribution is 2.20. The highest BCUT2D eigenvalue weighted by molar-refractivity contribution is 5.94. The van der Waals surface area contributed by atoms with Gasteiger partial charge in [-0.25, -0.2) is 0 Å². The summed E-state index contributed by atoms with van der Waals surface area (Å²) in [7, 11) is 2.14. The molecule has 3 rings (SSSR count). The molecule has 0 aromatic heterocycles. The number of piperazine rings is 1. The topological polar surface area (TPSA) is 55.8 Å². The monoisotopic (exact) mass is 317 g/mol. The second-order valence-corrected chi connectivity index (χ2v) is 6.77. The number of carbonyl (C=O) groups excluding carboxylic acids is 1. The van der Waals surface area contributed by atoms with Gasteiger partial charge in [0, 0.05) is 37.4 Å². The third kappa shape index (κ3) is 4.03. The lowest BCUT2D eigenvalue weighted by Gasteiger charge is -2.34. The summed E-state index contributed by atoms with van der Waals surface area (Å²) in [4.78, 5) is 17.0. The highest BCUT2D eigenvalue weighted by Gasteiger charge is 2.24. The maximum Gasteiger partial charge on any atom is 0.251 e. The average Bonchev–Trinajstić information content (AvgIpc) is 2.58. The Hall–Kier alpha value is -1.59. The highest BCUT2D eigenvalue weighted by atomic mass is 16.3. The number of nitrogens with zero attached hydrogens (tertiary/aromatic N) is 2. The predicted octanol–water partition coefficient (Wildman–Crippen LogP) is 1.47. The minimum Gasteiger partial charge on any atom is -0.391 e. The van der Waals surface area contributed by atoms with Gasteiger partial charge < -0.3 is 20.2 Å². The molecule has 0 radical (unpaired) electrons. The number of amides is 1. The van der Waals surface area contributed by atoms with E-state index in [1.54, 1.807) is 0 Å². The Morgan fingerprint density at radius 1 is 1.09 bits per heavy atom. The molecule has 23 heavy (non-hydrogen) atoms. The van der Waals surface area contributed by atoms with Crippen LogP contribution < -0.4 is 10.2 Å². The molecule has 1 aliphatic heterocycles. The summed E-state index contributed by atoms with van der Waals surface area (Å²) in [6.07, 6.45) is 3.37. The van der Waals surface area contributed by atoms with Crippen LogP contribution in [-0.4, -0.2) is 61.3 Å². The van der Waals surface area contributed by atoms with Crippen LogP contribution >= 0.6 is 0 Å². The summed E-state index contributed by atoms with van der Waals surface area (Å²) in [6.45, 7) is 4.19. The summed E-state index contributed by atoms with van der Waals surface area (Å²) < 4.78 is 0. The van der Waals surface area contributed by atoms with Crippen LogP contribution in [0.4, 0.5) is 5.69 Å². The molecule has 2 atom stereocenters. The standard InChI is InChI=1S/C18H27N3O2/c1-20-10-12-21(13-11-20)15-8-6-14(7-9-15)18(23)19-16-4-2-3-5-17(16)22/h6-9,16-17,22H,2-5,10-13H2,1H3,(H,19,23). The van der Waals surface area contributed by atoms with Crippen LogP contribution in [0.2, 0.25) is 0 Å². The van der Waals surface area contributed by atoms with Crippen LogP contribution in [0.3, 0.4) is 0 Å². The van der Waals surface area contributed by atoms with E-state index in [-0.39, 0.29) is 11.9 Å². The van der Waals surface area contributed by atoms with E-state index in [1.807, 2.05) is 24.3 Å². The fourth-order valence-electron chi connectivity index (χ4n) is 3.42. The molecular formula is C18H27N3O2. The Morgan fingerprint density at radius 3 is 2.39 bits per heavy atom. The van der Waals surface area contributed by atoms with Gasteiger partial charge in [-0.15, -0.1) is 0 Å². The number of anilines is 1. The zero-order chi connectivity index (χ0) is 16.2. The van der Waals surface area contributed by atoms with Gasteiger partial charge in [0.25, 0.3) is 5.91 Å². The summed E-state index contributed by atoms with van der Waals surface area (Å²) in [6, 6.07) is 7.72. The predicted molar refractivity (Wildman–Crippen MR) is 91.9 cm³/mol. The summed E-state index contributed by atoms with van der Waals surface area (Å²) in [5, 5.41) is 13.0. The maximum absolute atomic E-state index is 12.3. The van der Waals surface area contributed by atoms with Gasteiger partial charge in [-0.3, -0.25) is 4.79 Å². The van der Waals surface area contributed by atoms with E-state index in [2.05, 4.69) is 22.2 Å². The largest absolute Gasteiger partial charge is 0.391 e. The minimum absolute atomic E-state index is 0.0825. The molecule has 5 heteroatoms. The molecule has 5 nitrogen and oxygen atoms in total. The Bertz CT molecular complexity index is 524. The first-order valence-electron chi connectivity index (χ1n) is 8.66. The third-order valence-corrected chi connectivity index (χ3v) is 5.04. The number of benzene rings is 1. The molecular weight excluding hydrogens is 290 g/mol. The molecule has 2 fully saturated rings. The van der Waals surface area contributed by atoms with Gasteiger partial charge in [0.2, 0.25) is 0 Å². The van der Waals surface area contributed by atoms with Gasteiger partial charge in [0.15, 0.2) is 0 Å².